The minimum atomic E-state index is -0.451. The molecule has 0 spiro atoms. The van der Waals surface area contributed by atoms with Gasteiger partial charge in [-0.15, -0.1) is 0 Å². The van der Waals surface area contributed by atoms with Gasteiger partial charge in [-0.2, -0.15) is 0 Å². The number of ether oxygens (including phenoxy) is 1. The van der Waals surface area contributed by atoms with Crippen molar-refractivity contribution in [1.82, 2.24) is 0 Å². The van der Waals surface area contributed by atoms with Gasteiger partial charge in [0.25, 0.3) is 0 Å². The lowest BCUT2D eigenvalue weighted by Crippen LogP contribution is -2.31. The highest BCUT2D eigenvalue weighted by Crippen LogP contribution is 2.34. The van der Waals surface area contributed by atoms with Crippen LogP contribution in [0.1, 0.15) is 37.3 Å². The zero-order valence-electron chi connectivity index (χ0n) is 10.6. The van der Waals surface area contributed by atoms with Gasteiger partial charge in [0.05, 0.1) is 23.7 Å². The number of hydrogen-bond acceptors (Lipinski definition) is 3. The van der Waals surface area contributed by atoms with E-state index in [0.717, 1.165) is 28.6 Å². The lowest BCUT2D eigenvalue weighted by Gasteiger charge is -2.25. The fourth-order valence-corrected chi connectivity index (χ4v) is 3.24. The van der Waals surface area contributed by atoms with Crippen LogP contribution >= 0.6 is 15.9 Å². The molecule has 0 aliphatic heterocycles. The number of aliphatic hydroxyl groups is 1. The van der Waals surface area contributed by atoms with E-state index in [2.05, 4.69) is 15.9 Å². The summed E-state index contributed by atoms with van der Waals surface area (Å²) < 4.78 is 6.06. The Morgan fingerprint density at radius 3 is 2.61 bits per heavy atom. The monoisotopic (exact) mass is 313 g/mol. The molecule has 1 saturated carbocycles. The van der Waals surface area contributed by atoms with Crippen molar-refractivity contribution in [3.05, 3.63) is 28.2 Å². The molecule has 3 N–H and O–H groups in total. The largest absolute Gasteiger partial charge is 0.496 e. The van der Waals surface area contributed by atoms with Gasteiger partial charge in [0, 0.05) is 0 Å². The Labute approximate surface area is 116 Å². The molecule has 2 atom stereocenters. The molecule has 1 aliphatic rings. The van der Waals surface area contributed by atoms with E-state index in [-0.39, 0.29) is 6.04 Å². The Kier molecular flexibility index (Phi) is 4.65. The van der Waals surface area contributed by atoms with Gasteiger partial charge in [-0.1, -0.05) is 18.9 Å². The Morgan fingerprint density at radius 2 is 2.06 bits per heavy atom. The minimum Gasteiger partial charge on any atom is -0.496 e. The molecular weight excluding hydrogens is 294 g/mol. The maximum Gasteiger partial charge on any atom is 0.133 e. The van der Waals surface area contributed by atoms with Crippen LogP contribution in [0.15, 0.2) is 22.7 Å². The molecule has 18 heavy (non-hydrogen) atoms. The summed E-state index contributed by atoms with van der Waals surface area (Å²) in [6.45, 7) is 0. The number of rotatable bonds is 4. The first-order valence-corrected chi connectivity index (χ1v) is 7.20. The molecule has 1 aliphatic carbocycles. The lowest BCUT2D eigenvalue weighted by molar-refractivity contribution is 0.0844. The standard InChI is InChI=1S/C14H20BrNO2/c1-18-12-7-6-10(8-11(12)15)13(16)14(17)9-4-2-3-5-9/h6-9,13-14,17H,2-5,16H2,1H3/t13-,14+/m0/s1. The normalized spacial score (nSPS) is 19.8. The third-order valence-corrected chi connectivity index (χ3v) is 4.43. The van der Waals surface area contributed by atoms with Crippen molar-refractivity contribution in [3.63, 3.8) is 0 Å². The summed E-state index contributed by atoms with van der Waals surface area (Å²) in [5, 5.41) is 10.3. The van der Waals surface area contributed by atoms with Gasteiger partial charge in [0.2, 0.25) is 0 Å². The van der Waals surface area contributed by atoms with E-state index < -0.39 is 6.10 Å². The van der Waals surface area contributed by atoms with E-state index in [1.807, 2.05) is 18.2 Å². The number of hydrogen-bond donors (Lipinski definition) is 2. The van der Waals surface area contributed by atoms with Gasteiger partial charge in [0.15, 0.2) is 0 Å². The summed E-state index contributed by atoms with van der Waals surface area (Å²) in [4.78, 5) is 0. The van der Waals surface area contributed by atoms with Gasteiger partial charge in [0.1, 0.15) is 5.75 Å². The molecule has 100 valence electrons. The first kappa shape index (κ1) is 13.8. The average Bonchev–Trinajstić information content (AvgIpc) is 2.90. The third kappa shape index (κ3) is 2.87. The van der Waals surface area contributed by atoms with Crippen molar-refractivity contribution in [3.8, 4) is 5.75 Å². The lowest BCUT2D eigenvalue weighted by atomic mass is 9.91. The van der Waals surface area contributed by atoms with Gasteiger partial charge < -0.3 is 15.6 Å². The smallest absolute Gasteiger partial charge is 0.133 e. The maximum absolute atomic E-state index is 10.3. The second-order valence-electron chi connectivity index (χ2n) is 4.95. The Hall–Kier alpha value is -0.580. The van der Waals surface area contributed by atoms with Gasteiger partial charge >= 0.3 is 0 Å². The maximum atomic E-state index is 10.3. The number of nitrogens with two attached hydrogens (primary N) is 1. The van der Waals surface area contributed by atoms with E-state index in [1.54, 1.807) is 7.11 Å². The topological polar surface area (TPSA) is 55.5 Å². The Bertz CT molecular complexity index is 405. The van der Waals surface area contributed by atoms with E-state index >= 15 is 0 Å². The van der Waals surface area contributed by atoms with Gasteiger partial charge in [-0.3, -0.25) is 0 Å². The first-order chi connectivity index (χ1) is 8.63. The Morgan fingerprint density at radius 1 is 1.39 bits per heavy atom. The van der Waals surface area contributed by atoms with Gasteiger partial charge in [-0.25, -0.2) is 0 Å². The fraction of sp³-hybridized carbons (Fsp3) is 0.571. The summed E-state index contributed by atoms with van der Waals surface area (Å²) in [7, 11) is 1.63. The fourth-order valence-electron chi connectivity index (χ4n) is 2.68. The molecule has 0 radical (unpaired) electrons. The quantitative estimate of drug-likeness (QED) is 0.898. The summed E-state index contributed by atoms with van der Waals surface area (Å²) in [6, 6.07) is 5.41. The molecular formula is C14H20BrNO2. The van der Waals surface area contributed by atoms with Crippen molar-refractivity contribution < 1.29 is 9.84 Å². The SMILES string of the molecule is COc1ccc([C@H](N)[C@H](O)C2CCCC2)cc1Br. The van der Waals surface area contributed by atoms with E-state index in [9.17, 15) is 5.11 Å². The van der Waals surface area contributed by atoms with Crippen molar-refractivity contribution in [2.24, 2.45) is 11.7 Å². The zero-order valence-corrected chi connectivity index (χ0v) is 12.2. The van der Waals surface area contributed by atoms with Crippen LogP contribution in [-0.2, 0) is 0 Å². The van der Waals surface area contributed by atoms with Crippen molar-refractivity contribution >= 4 is 15.9 Å². The molecule has 0 heterocycles. The molecule has 1 aromatic rings. The van der Waals surface area contributed by atoms with Crippen molar-refractivity contribution in [2.45, 2.75) is 37.8 Å². The average molecular weight is 314 g/mol. The molecule has 2 rings (SSSR count). The minimum absolute atomic E-state index is 0.324. The Balaban J connectivity index is 2.12. The number of benzene rings is 1. The van der Waals surface area contributed by atoms with Gasteiger partial charge in [-0.05, 0) is 52.4 Å². The molecule has 1 aromatic carbocycles. The molecule has 0 saturated heterocycles. The van der Waals surface area contributed by atoms with E-state index in [1.165, 1.54) is 12.8 Å². The van der Waals surface area contributed by atoms with Crippen LogP contribution in [0.4, 0.5) is 0 Å². The molecule has 4 heteroatoms. The zero-order chi connectivity index (χ0) is 13.1. The summed E-state index contributed by atoms with van der Waals surface area (Å²) in [5.74, 6) is 1.13. The van der Waals surface area contributed by atoms with E-state index in [0.29, 0.717) is 5.92 Å². The second kappa shape index (κ2) is 6.04. The van der Waals surface area contributed by atoms with Crippen LogP contribution in [0.25, 0.3) is 0 Å². The molecule has 0 aromatic heterocycles. The summed E-state index contributed by atoms with van der Waals surface area (Å²) in [5.41, 5.74) is 7.11. The van der Waals surface area contributed by atoms with Crippen LogP contribution < -0.4 is 10.5 Å². The molecule has 0 bridgehead atoms. The molecule has 0 unspecified atom stereocenters. The molecule has 0 amide bonds. The van der Waals surface area contributed by atoms with Crippen molar-refractivity contribution in [2.75, 3.05) is 7.11 Å². The van der Waals surface area contributed by atoms with Crippen molar-refractivity contribution in [1.29, 1.82) is 0 Å². The summed E-state index contributed by atoms with van der Waals surface area (Å²) >= 11 is 3.45. The van der Waals surface area contributed by atoms with Crippen LogP contribution in [0, 0.1) is 5.92 Å². The van der Waals surface area contributed by atoms with E-state index in [4.69, 9.17) is 10.5 Å². The van der Waals surface area contributed by atoms with Crippen LogP contribution in [-0.4, -0.2) is 18.3 Å². The predicted molar refractivity (Wildman–Crippen MR) is 75.6 cm³/mol. The highest BCUT2D eigenvalue weighted by atomic mass is 79.9. The number of methoxy groups -OCH3 is 1. The molecule has 1 fully saturated rings. The van der Waals surface area contributed by atoms with Crippen LogP contribution in [0.2, 0.25) is 0 Å². The molecule has 3 nitrogen and oxygen atoms in total. The summed E-state index contributed by atoms with van der Waals surface area (Å²) in [6.07, 6.45) is 4.15. The second-order valence-corrected chi connectivity index (χ2v) is 5.81. The van der Waals surface area contributed by atoms with Crippen LogP contribution in [0.5, 0.6) is 5.75 Å². The predicted octanol–water partition coefficient (Wildman–Crippen LogP) is 3.01. The number of halogens is 1. The van der Waals surface area contributed by atoms with Crippen LogP contribution in [0.3, 0.4) is 0 Å². The highest BCUT2D eigenvalue weighted by molar-refractivity contribution is 9.10. The third-order valence-electron chi connectivity index (χ3n) is 3.81. The first-order valence-electron chi connectivity index (χ1n) is 6.40. The number of aliphatic hydroxyl groups excluding tert-OH is 1. The highest BCUT2D eigenvalue weighted by Gasteiger charge is 2.28.